The maximum absolute atomic E-state index is 13.2. The van der Waals surface area contributed by atoms with Crippen LogP contribution < -0.4 is 4.74 Å². The monoisotopic (exact) mass is 333 g/mol. The van der Waals surface area contributed by atoms with Gasteiger partial charge in [0.1, 0.15) is 6.26 Å². The van der Waals surface area contributed by atoms with Crippen LogP contribution in [0.25, 0.3) is 11.1 Å². The Labute approximate surface area is 134 Å². The molecule has 0 aliphatic heterocycles. The summed E-state index contributed by atoms with van der Waals surface area (Å²) in [7, 11) is 0. The molecule has 0 aliphatic rings. The molecule has 0 amide bonds. The summed E-state index contributed by atoms with van der Waals surface area (Å²) >= 11 is 0. The zero-order valence-corrected chi connectivity index (χ0v) is 12.1. The summed E-state index contributed by atoms with van der Waals surface area (Å²) in [5.41, 5.74) is -0.805. The van der Waals surface area contributed by atoms with Crippen LogP contribution >= 0.6 is 0 Å². The second-order valence-corrected chi connectivity index (χ2v) is 4.82. The van der Waals surface area contributed by atoms with E-state index in [2.05, 4.69) is 9.68 Å². The SMILES string of the molecule is O=C(Oc1ccon1)c1ccccc1-c1ccccc1C(F)(F)F. The molecule has 4 nitrogen and oxygen atoms in total. The highest BCUT2D eigenvalue weighted by molar-refractivity contribution is 5.98. The van der Waals surface area contributed by atoms with Gasteiger partial charge in [-0.15, -0.1) is 0 Å². The number of esters is 1. The number of nitrogens with zero attached hydrogens (tertiary/aromatic N) is 1. The number of halogens is 3. The topological polar surface area (TPSA) is 52.3 Å². The van der Waals surface area contributed by atoms with E-state index in [-0.39, 0.29) is 22.6 Å². The van der Waals surface area contributed by atoms with E-state index in [9.17, 15) is 18.0 Å². The van der Waals surface area contributed by atoms with Crippen LogP contribution in [0.1, 0.15) is 15.9 Å². The molecule has 0 atom stereocenters. The first-order chi connectivity index (χ1) is 11.5. The highest BCUT2D eigenvalue weighted by Crippen LogP contribution is 2.38. The lowest BCUT2D eigenvalue weighted by molar-refractivity contribution is -0.137. The van der Waals surface area contributed by atoms with Crippen molar-refractivity contribution in [1.82, 2.24) is 5.16 Å². The highest BCUT2D eigenvalue weighted by atomic mass is 19.4. The minimum Gasteiger partial charge on any atom is -0.400 e. The third kappa shape index (κ3) is 3.15. The molecule has 0 fully saturated rings. The van der Waals surface area contributed by atoms with E-state index < -0.39 is 17.7 Å². The zero-order chi connectivity index (χ0) is 17.2. The van der Waals surface area contributed by atoms with Gasteiger partial charge in [-0.25, -0.2) is 4.79 Å². The number of carbonyl (C=O) groups excluding carboxylic acids is 1. The highest BCUT2D eigenvalue weighted by Gasteiger charge is 2.34. The number of alkyl halides is 3. The molecular weight excluding hydrogens is 323 g/mol. The predicted molar refractivity (Wildman–Crippen MR) is 78.3 cm³/mol. The van der Waals surface area contributed by atoms with Crippen LogP contribution in [0.4, 0.5) is 13.2 Å². The van der Waals surface area contributed by atoms with Crippen molar-refractivity contribution in [2.24, 2.45) is 0 Å². The molecule has 3 rings (SSSR count). The van der Waals surface area contributed by atoms with Gasteiger partial charge in [-0.1, -0.05) is 36.4 Å². The van der Waals surface area contributed by atoms with Crippen molar-refractivity contribution < 1.29 is 27.2 Å². The van der Waals surface area contributed by atoms with Gasteiger partial charge in [0.2, 0.25) is 0 Å². The van der Waals surface area contributed by atoms with Crippen LogP contribution in [0.5, 0.6) is 5.88 Å². The number of hydrogen-bond donors (Lipinski definition) is 0. The molecule has 0 unspecified atom stereocenters. The van der Waals surface area contributed by atoms with Gasteiger partial charge in [0, 0.05) is 6.07 Å². The van der Waals surface area contributed by atoms with E-state index in [1.165, 1.54) is 42.7 Å². The largest absolute Gasteiger partial charge is 0.417 e. The maximum Gasteiger partial charge on any atom is 0.417 e. The summed E-state index contributed by atoms with van der Waals surface area (Å²) in [5, 5.41) is 3.44. The lowest BCUT2D eigenvalue weighted by atomic mass is 9.95. The van der Waals surface area contributed by atoms with Crippen LogP contribution in [-0.4, -0.2) is 11.1 Å². The fourth-order valence-corrected chi connectivity index (χ4v) is 2.27. The van der Waals surface area contributed by atoms with Gasteiger partial charge in [-0.3, -0.25) is 0 Å². The summed E-state index contributed by atoms with van der Waals surface area (Å²) < 4.78 is 49.3. The molecule has 0 saturated heterocycles. The lowest BCUT2D eigenvalue weighted by Crippen LogP contribution is -2.12. The third-order valence-corrected chi connectivity index (χ3v) is 3.28. The van der Waals surface area contributed by atoms with Gasteiger partial charge in [0.15, 0.2) is 0 Å². The second-order valence-electron chi connectivity index (χ2n) is 4.82. The van der Waals surface area contributed by atoms with Crippen molar-refractivity contribution in [3.8, 4) is 17.0 Å². The first-order valence-electron chi connectivity index (χ1n) is 6.85. The normalized spacial score (nSPS) is 11.3. The molecule has 3 aromatic rings. The van der Waals surface area contributed by atoms with Gasteiger partial charge >= 0.3 is 12.1 Å². The fourth-order valence-electron chi connectivity index (χ4n) is 2.27. The molecule has 24 heavy (non-hydrogen) atoms. The number of ether oxygens (including phenoxy) is 1. The van der Waals surface area contributed by atoms with E-state index in [4.69, 9.17) is 4.74 Å². The summed E-state index contributed by atoms with van der Waals surface area (Å²) in [4.78, 5) is 12.3. The van der Waals surface area contributed by atoms with Crippen molar-refractivity contribution in [3.63, 3.8) is 0 Å². The number of rotatable bonds is 3. The Kier molecular flexibility index (Phi) is 4.07. The van der Waals surface area contributed by atoms with E-state index >= 15 is 0 Å². The number of aromatic nitrogens is 1. The number of hydrogen-bond acceptors (Lipinski definition) is 4. The van der Waals surface area contributed by atoms with Gasteiger partial charge in [-0.05, 0) is 28.4 Å². The molecule has 0 saturated carbocycles. The minimum atomic E-state index is -4.54. The predicted octanol–water partition coefficient (Wildman–Crippen LogP) is 4.58. The van der Waals surface area contributed by atoms with Crippen molar-refractivity contribution >= 4 is 5.97 Å². The first kappa shape index (κ1) is 15.8. The summed E-state index contributed by atoms with van der Waals surface area (Å²) in [6.45, 7) is 0. The Hall–Kier alpha value is -3.09. The molecule has 0 spiro atoms. The Morgan fingerprint density at radius 3 is 2.29 bits per heavy atom. The van der Waals surface area contributed by atoms with Crippen LogP contribution in [0.15, 0.2) is 65.4 Å². The van der Waals surface area contributed by atoms with Gasteiger partial charge in [0.25, 0.3) is 5.88 Å². The second kappa shape index (κ2) is 6.19. The Morgan fingerprint density at radius 1 is 0.958 bits per heavy atom. The Balaban J connectivity index is 2.06. The molecule has 1 heterocycles. The first-order valence-corrected chi connectivity index (χ1v) is 6.85. The summed E-state index contributed by atoms with van der Waals surface area (Å²) in [6, 6.07) is 12.3. The molecular formula is C17H10F3NO3. The molecule has 1 aromatic heterocycles. The smallest absolute Gasteiger partial charge is 0.400 e. The van der Waals surface area contributed by atoms with Crippen LogP contribution in [0, 0.1) is 0 Å². The molecule has 0 aliphatic carbocycles. The standard InChI is InChI=1S/C17H10F3NO3/c18-17(19,20)14-8-4-3-6-12(14)11-5-1-2-7-13(11)16(22)24-15-9-10-23-21-15/h1-10H. The van der Waals surface area contributed by atoms with Crippen molar-refractivity contribution in [3.05, 3.63) is 72.0 Å². The Morgan fingerprint density at radius 2 is 1.62 bits per heavy atom. The average Bonchev–Trinajstić information content (AvgIpc) is 3.07. The van der Waals surface area contributed by atoms with Crippen LogP contribution in [0.3, 0.4) is 0 Å². The molecule has 7 heteroatoms. The summed E-state index contributed by atoms with van der Waals surface area (Å²) in [5.74, 6) is -0.893. The van der Waals surface area contributed by atoms with E-state index in [0.717, 1.165) is 6.07 Å². The van der Waals surface area contributed by atoms with Crippen molar-refractivity contribution in [1.29, 1.82) is 0 Å². The molecule has 0 bridgehead atoms. The molecule has 122 valence electrons. The number of benzene rings is 2. The van der Waals surface area contributed by atoms with E-state index in [1.54, 1.807) is 12.1 Å². The van der Waals surface area contributed by atoms with E-state index in [1.807, 2.05) is 0 Å². The van der Waals surface area contributed by atoms with E-state index in [0.29, 0.717) is 0 Å². The quantitative estimate of drug-likeness (QED) is 0.658. The average molecular weight is 333 g/mol. The van der Waals surface area contributed by atoms with Gasteiger partial charge < -0.3 is 9.26 Å². The number of carbonyl (C=O) groups is 1. The lowest BCUT2D eigenvalue weighted by Gasteiger charge is -2.15. The van der Waals surface area contributed by atoms with Crippen molar-refractivity contribution in [2.75, 3.05) is 0 Å². The van der Waals surface area contributed by atoms with Crippen LogP contribution in [-0.2, 0) is 6.18 Å². The fraction of sp³-hybridized carbons (Fsp3) is 0.0588. The van der Waals surface area contributed by atoms with Crippen molar-refractivity contribution in [2.45, 2.75) is 6.18 Å². The van der Waals surface area contributed by atoms with Gasteiger partial charge in [-0.2, -0.15) is 13.2 Å². The molecule has 0 N–H and O–H groups in total. The van der Waals surface area contributed by atoms with Gasteiger partial charge in [0.05, 0.1) is 11.1 Å². The molecule has 0 radical (unpaired) electrons. The third-order valence-electron chi connectivity index (χ3n) is 3.28. The zero-order valence-electron chi connectivity index (χ0n) is 12.1. The summed E-state index contributed by atoms with van der Waals surface area (Å²) in [6.07, 6.45) is -3.33. The molecule has 2 aromatic carbocycles. The minimum absolute atomic E-state index is 0.00259. The van der Waals surface area contributed by atoms with Crippen LogP contribution in [0.2, 0.25) is 0 Å². The Bertz CT molecular complexity index is 858. The maximum atomic E-state index is 13.2.